The third-order valence-electron chi connectivity index (χ3n) is 2.68. The second-order valence-corrected chi connectivity index (χ2v) is 4.49. The minimum atomic E-state index is 0.550. The summed E-state index contributed by atoms with van der Waals surface area (Å²) in [5.74, 6) is 0. The number of pyridine rings is 1. The summed E-state index contributed by atoms with van der Waals surface area (Å²) < 4.78 is 1.91. The SMILES string of the molecule is CC(C)NCCNCc1cnn2ccccc12. The summed E-state index contributed by atoms with van der Waals surface area (Å²) in [6.45, 7) is 7.16. The maximum absolute atomic E-state index is 4.31. The Morgan fingerprint density at radius 1 is 1.29 bits per heavy atom. The Hall–Kier alpha value is -1.39. The van der Waals surface area contributed by atoms with Crippen molar-refractivity contribution in [2.75, 3.05) is 13.1 Å². The summed E-state index contributed by atoms with van der Waals surface area (Å²) in [6, 6.07) is 6.68. The Labute approximate surface area is 102 Å². The van der Waals surface area contributed by atoms with Crippen LogP contribution >= 0.6 is 0 Å². The largest absolute Gasteiger partial charge is 0.313 e. The van der Waals surface area contributed by atoms with Crippen LogP contribution in [0.15, 0.2) is 30.6 Å². The van der Waals surface area contributed by atoms with E-state index in [2.05, 4.69) is 35.6 Å². The van der Waals surface area contributed by atoms with Gasteiger partial charge in [-0.05, 0) is 12.1 Å². The van der Waals surface area contributed by atoms with Gasteiger partial charge in [-0.1, -0.05) is 19.9 Å². The highest BCUT2D eigenvalue weighted by molar-refractivity contribution is 5.53. The van der Waals surface area contributed by atoms with E-state index in [0.29, 0.717) is 6.04 Å². The molecule has 92 valence electrons. The Morgan fingerprint density at radius 2 is 2.18 bits per heavy atom. The second kappa shape index (κ2) is 5.80. The van der Waals surface area contributed by atoms with Gasteiger partial charge < -0.3 is 10.6 Å². The van der Waals surface area contributed by atoms with Crippen LogP contribution in [0.3, 0.4) is 0 Å². The Kier molecular flexibility index (Phi) is 4.12. The van der Waals surface area contributed by atoms with Crippen LogP contribution in [0, 0.1) is 0 Å². The van der Waals surface area contributed by atoms with Gasteiger partial charge in [0.15, 0.2) is 0 Å². The Balaban J connectivity index is 1.83. The molecule has 2 aromatic heterocycles. The molecule has 2 heterocycles. The van der Waals surface area contributed by atoms with Crippen LogP contribution in [-0.4, -0.2) is 28.7 Å². The van der Waals surface area contributed by atoms with Gasteiger partial charge in [-0.15, -0.1) is 0 Å². The van der Waals surface area contributed by atoms with Crippen LogP contribution in [0.2, 0.25) is 0 Å². The van der Waals surface area contributed by atoms with Crippen molar-refractivity contribution >= 4 is 5.52 Å². The first-order chi connectivity index (χ1) is 8.27. The lowest BCUT2D eigenvalue weighted by Gasteiger charge is -2.08. The first-order valence-electron chi connectivity index (χ1n) is 6.12. The molecule has 2 rings (SSSR count). The number of rotatable bonds is 6. The number of nitrogens with one attached hydrogen (secondary N) is 2. The van der Waals surface area contributed by atoms with Gasteiger partial charge in [0, 0.05) is 37.4 Å². The zero-order chi connectivity index (χ0) is 12.1. The molecule has 0 aliphatic rings. The summed E-state index contributed by atoms with van der Waals surface area (Å²) in [6.07, 6.45) is 3.90. The van der Waals surface area contributed by atoms with E-state index in [1.54, 1.807) is 0 Å². The molecule has 4 nitrogen and oxygen atoms in total. The summed E-state index contributed by atoms with van der Waals surface area (Å²) in [5.41, 5.74) is 2.42. The van der Waals surface area contributed by atoms with Crippen LogP contribution in [0.4, 0.5) is 0 Å². The van der Waals surface area contributed by atoms with Gasteiger partial charge in [-0.3, -0.25) is 0 Å². The average Bonchev–Trinajstić information content (AvgIpc) is 2.72. The van der Waals surface area contributed by atoms with Crippen LogP contribution in [-0.2, 0) is 6.54 Å². The Bertz CT molecular complexity index is 461. The van der Waals surface area contributed by atoms with Crippen molar-refractivity contribution in [3.05, 3.63) is 36.2 Å². The normalized spacial score (nSPS) is 11.5. The van der Waals surface area contributed by atoms with Gasteiger partial charge in [-0.2, -0.15) is 5.10 Å². The quantitative estimate of drug-likeness (QED) is 0.740. The van der Waals surface area contributed by atoms with Gasteiger partial charge in [0.2, 0.25) is 0 Å². The molecule has 0 aliphatic heterocycles. The summed E-state index contributed by atoms with van der Waals surface area (Å²) in [7, 11) is 0. The highest BCUT2D eigenvalue weighted by atomic mass is 15.2. The lowest BCUT2D eigenvalue weighted by Crippen LogP contribution is -2.31. The van der Waals surface area contributed by atoms with Crippen molar-refractivity contribution in [2.45, 2.75) is 26.4 Å². The van der Waals surface area contributed by atoms with E-state index in [9.17, 15) is 0 Å². The molecule has 0 atom stereocenters. The second-order valence-electron chi connectivity index (χ2n) is 4.49. The number of hydrogen-bond acceptors (Lipinski definition) is 3. The smallest absolute Gasteiger partial charge is 0.0706 e. The van der Waals surface area contributed by atoms with E-state index in [4.69, 9.17) is 0 Å². The maximum Gasteiger partial charge on any atom is 0.0706 e. The third-order valence-corrected chi connectivity index (χ3v) is 2.68. The molecule has 0 unspecified atom stereocenters. The average molecular weight is 232 g/mol. The van der Waals surface area contributed by atoms with Gasteiger partial charge in [0.05, 0.1) is 11.7 Å². The van der Waals surface area contributed by atoms with E-state index >= 15 is 0 Å². The maximum atomic E-state index is 4.31. The molecular formula is C13H20N4. The van der Waals surface area contributed by atoms with E-state index < -0.39 is 0 Å². The topological polar surface area (TPSA) is 41.4 Å². The summed E-state index contributed by atoms with van der Waals surface area (Å²) in [5, 5.41) is 11.1. The number of hydrogen-bond donors (Lipinski definition) is 2. The zero-order valence-corrected chi connectivity index (χ0v) is 10.5. The molecule has 17 heavy (non-hydrogen) atoms. The fraction of sp³-hybridized carbons (Fsp3) is 0.462. The summed E-state index contributed by atoms with van der Waals surface area (Å²) >= 11 is 0. The van der Waals surface area contributed by atoms with E-state index in [1.807, 2.05) is 29.0 Å². The molecule has 0 amide bonds. The van der Waals surface area contributed by atoms with Crippen LogP contribution in [0.1, 0.15) is 19.4 Å². The van der Waals surface area contributed by atoms with Crippen molar-refractivity contribution in [1.29, 1.82) is 0 Å². The molecule has 0 saturated heterocycles. The number of aromatic nitrogens is 2. The predicted molar refractivity (Wildman–Crippen MR) is 70.0 cm³/mol. The molecule has 0 bridgehead atoms. The van der Waals surface area contributed by atoms with Gasteiger partial charge in [0.25, 0.3) is 0 Å². The van der Waals surface area contributed by atoms with Crippen molar-refractivity contribution in [3.63, 3.8) is 0 Å². The van der Waals surface area contributed by atoms with Crippen LogP contribution < -0.4 is 10.6 Å². The molecule has 2 N–H and O–H groups in total. The lowest BCUT2D eigenvalue weighted by atomic mass is 10.2. The molecule has 0 radical (unpaired) electrons. The fourth-order valence-electron chi connectivity index (χ4n) is 1.80. The Morgan fingerprint density at radius 3 is 3.00 bits per heavy atom. The first-order valence-corrected chi connectivity index (χ1v) is 6.12. The molecule has 0 aliphatic carbocycles. The summed E-state index contributed by atoms with van der Waals surface area (Å²) in [4.78, 5) is 0. The minimum Gasteiger partial charge on any atom is -0.313 e. The molecule has 2 aromatic rings. The van der Waals surface area contributed by atoms with Gasteiger partial charge >= 0.3 is 0 Å². The number of nitrogens with zero attached hydrogens (tertiary/aromatic N) is 2. The highest BCUT2D eigenvalue weighted by Gasteiger charge is 2.01. The molecule has 0 saturated carbocycles. The standard InChI is InChI=1S/C13H20N4/c1-11(2)15-7-6-14-9-12-10-16-17-8-4-3-5-13(12)17/h3-5,8,10-11,14-15H,6-7,9H2,1-2H3. The molecular weight excluding hydrogens is 212 g/mol. The fourth-order valence-corrected chi connectivity index (χ4v) is 1.80. The highest BCUT2D eigenvalue weighted by Crippen LogP contribution is 2.08. The molecule has 0 aromatic carbocycles. The van der Waals surface area contributed by atoms with Crippen molar-refractivity contribution in [2.24, 2.45) is 0 Å². The third kappa shape index (κ3) is 3.28. The van der Waals surface area contributed by atoms with Crippen LogP contribution in [0.5, 0.6) is 0 Å². The number of fused-ring (bicyclic) bond motifs is 1. The van der Waals surface area contributed by atoms with E-state index in [-0.39, 0.29) is 0 Å². The minimum absolute atomic E-state index is 0.550. The monoisotopic (exact) mass is 232 g/mol. The first kappa shape index (κ1) is 12.1. The molecule has 0 fully saturated rings. The van der Waals surface area contributed by atoms with Crippen molar-refractivity contribution < 1.29 is 0 Å². The lowest BCUT2D eigenvalue weighted by molar-refractivity contribution is 0.556. The molecule has 0 spiro atoms. The van der Waals surface area contributed by atoms with E-state index in [1.165, 1.54) is 11.1 Å². The predicted octanol–water partition coefficient (Wildman–Crippen LogP) is 1.42. The zero-order valence-electron chi connectivity index (χ0n) is 10.5. The van der Waals surface area contributed by atoms with Gasteiger partial charge in [0.1, 0.15) is 0 Å². The van der Waals surface area contributed by atoms with Crippen molar-refractivity contribution in [3.8, 4) is 0 Å². The van der Waals surface area contributed by atoms with Gasteiger partial charge in [-0.25, -0.2) is 4.52 Å². The van der Waals surface area contributed by atoms with Crippen molar-refractivity contribution in [1.82, 2.24) is 20.2 Å². The van der Waals surface area contributed by atoms with Crippen LogP contribution in [0.25, 0.3) is 5.52 Å². The molecule has 4 heteroatoms. The van der Waals surface area contributed by atoms with E-state index in [0.717, 1.165) is 19.6 Å².